The fraction of sp³-hybridized carbons (Fsp3) is 0.387. The lowest BCUT2D eigenvalue weighted by atomic mass is 10.0. The van der Waals surface area contributed by atoms with E-state index in [-0.39, 0.29) is 35.4 Å². The number of fused-ring (bicyclic) bond motifs is 1. The molecule has 0 fully saturated rings. The molecule has 2 N–H and O–H groups in total. The van der Waals surface area contributed by atoms with Gasteiger partial charge in [-0.25, -0.2) is 8.42 Å². The summed E-state index contributed by atoms with van der Waals surface area (Å²) in [4.78, 5) is 17.1. The minimum absolute atomic E-state index is 0.0680. The molecular formula is C31H36F3N3O5S. The lowest BCUT2D eigenvalue weighted by Gasteiger charge is -2.34. The van der Waals surface area contributed by atoms with Crippen LogP contribution in [-0.2, 0) is 34.0 Å². The molecule has 1 heterocycles. The quantitative estimate of drug-likeness (QED) is 0.358. The van der Waals surface area contributed by atoms with E-state index in [1.54, 1.807) is 48.2 Å². The van der Waals surface area contributed by atoms with Gasteiger partial charge in [-0.1, -0.05) is 37.3 Å². The molecule has 0 unspecified atom stereocenters. The molecule has 3 aromatic rings. The van der Waals surface area contributed by atoms with Crippen LogP contribution in [0.5, 0.6) is 5.75 Å². The fourth-order valence-corrected chi connectivity index (χ4v) is 6.08. The van der Waals surface area contributed by atoms with Gasteiger partial charge in [-0.05, 0) is 62.0 Å². The van der Waals surface area contributed by atoms with Gasteiger partial charge in [0.05, 0.1) is 29.5 Å². The number of halogens is 3. The van der Waals surface area contributed by atoms with Crippen LogP contribution in [0.15, 0.2) is 77.7 Å². The van der Waals surface area contributed by atoms with Gasteiger partial charge in [0.25, 0.3) is 10.0 Å². The summed E-state index contributed by atoms with van der Waals surface area (Å²) in [5, 5.41) is 9.86. The van der Waals surface area contributed by atoms with Crippen molar-refractivity contribution < 1.29 is 36.2 Å². The van der Waals surface area contributed by atoms with Crippen LogP contribution in [0.25, 0.3) is 0 Å². The van der Waals surface area contributed by atoms with Crippen LogP contribution in [-0.4, -0.2) is 68.1 Å². The summed E-state index contributed by atoms with van der Waals surface area (Å²) in [6.45, 7) is 4.52. The maximum Gasteiger partial charge on any atom is 0.416 e. The Balaban J connectivity index is 1.60. The molecule has 0 aliphatic carbocycles. The number of aliphatic hydroxyl groups is 1. The molecule has 0 bridgehead atoms. The standard InChI is InChI=1S/C31H36F3N3O5S/c1-21-17-37(22(2)20-38)30(39)16-24-15-26(35-43(40,41)27-7-5-4-6-8-27)13-14-28(24)42-29(21)19-36(3)18-23-9-11-25(12-10-23)31(32,33)34/h4-15,21-22,29,35,38H,16-20H2,1-3H3/t21-,22-,29-/m0/s1. The molecule has 0 spiro atoms. The largest absolute Gasteiger partial charge is 0.488 e. The summed E-state index contributed by atoms with van der Waals surface area (Å²) in [6.07, 6.45) is -4.92. The van der Waals surface area contributed by atoms with Crippen LogP contribution in [0, 0.1) is 5.92 Å². The summed E-state index contributed by atoms with van der Waals surface area (Å²) in [6, 6.07) is 17.3. The monoisotopic (exact) mass is 619 g/mol. The number of anilines is 1. The third-order valence-electron chi connectivity index (χ3n) is 7.45. The molecule has 4 rings (SSSR count). The third-order valence-corrected chi connectivity index (χ3v) is 8.84. The molecule has 0 saturated carbocycles. The Labute approximate surface area is 250 Å². The lowest BCUT2D eigenvalue weighted by Crippen LogP contribution is -2.47. The average molecular weight is 620 g/mol. The van der Waals surface area contributed by atoms with Crippen LogP contribution < -0.4 is 9.46 Å². The zero-order valence-electron chi connectivity index (χ0n) is 24.2. The number of carbonyl (C=O) groups is 1. The number of benzene rings is 3. The van der Waals surface area contributed by atoms with Gasteiger partial charge in [-0.3, -0.25) is 14.4 Å². The first kappa shape index (κ1) is 32.3. The number of carbonyl (C=O) groups excluding carboxylic acids is 1. The van der Waals surface area contributed by atoms with Crippen molar-refractivity contribution in [2.45, 2.75) is 50.0 Å². The normalized spacial score (nSPS) is 18.7. The van der Waals surface area contributed by atoms with Crippen molar-refractivity contribution in [3.05, 3.63) is 89.5 Å². The van der Waals surface area contributed by atoms with E-state index in [0.717, 1.165) is 12.1 Å². The van der Waals surface area contributed by atoms with E-state index in [1.165, 1.54) is 24.3 Å². The number of aliphatic hydroxyl groups excluding tert-OH is 1. The first-order chi connectivity index (χ1) is 20.3. The van der Waals surface area contributed by atoms with Crippen LogP contribution in [0.2, 0.25) is 0 Å². The van der Waals surface area contributed by atoms with Gasteiger partial charge in [0.2, 0.25) is 5.91 Å². The van der Waals surface area contributed by atoms with Crippen molar-refractivity contribution in [2.24, 2.45) is 5.92 Å². The van der Waals surface area contributed by atoms with Gasteiger partial charge in [0.1, 0.15) is 11.9 Å². The number of rotatable bonds is 9. The Morgan fingerprint density at radius 2 is 1.77 bits per heavy atom. The number of sulfonamides is 1. The van der Waals surface area contributed by atoms with E-state index in [0.29, 0.717) is 36.5 Å². The summed E-state index contributed by atoms with van der Waals surface area (Å²) in [5.74, 6) is 0.00424. The molecule has 0 saturated heterocycles. The highest BCUT2D eigenvalue weighted by molar-refractivity contribution is 7.92. The van der Waals surface area contributed by atoms with Crippen molar-refractivity contribution in [2.75, 3.05) is 31.5 Å². The summed E-state index contributed by atoms with van der Waals surface area (Å²) in [5.41, 5.74) is 0.742. The van der Waals surface area contributed by atoms with Gasteiger partial charge in [-0.15, -0.1) is 0 Å². The summed E-state index contributed by atoms with van der Waals surface area (Å²) in [7, 11) is -2.03. The minimum Gasteiger partial charge on any atom is -0.488 e. The van der Waals surface area contributed by atoms with Crippen LogP contribution >= 0.6 is 0 Å². The number of ether oxygens (including phenoxy) is 1. The number of hydrogen-bond acceptors (Lipinski definition) is 6. The average Bonchev–Trinajstić information content (AvgIpc) is 3.00. The minimum atomic E-state index is -4.41. The van der Waals surface area contributed by atoms with E-state index in [1.807, 2.05) is 18.9 Å². The van der Waals surface area contributed by atoms with Gasteiger partial charge >= 0.3 is 6.18 Å². The summed E-state index contributed by atoms with van der Waals surface area (Å²) >= 11 is 0. The van der Waals surface area contributed by atoms with E-state index < -0.39 is 33.9 Å². The fourth-order valence-electron chi connectivity index (χ4n) is 5.01. The van der Waals surface area contributed by atoms with E-state index in [2.05, 4.69) is 4.72 Å². The Morgan fingerprint density at radius 3 is 2.40 bits per heavy atom. The Kier molecular flexibility index (Phi) is 10.0. The van der Waals surface area contributed by atoms with E-state index in [4.69, 9.17) is 4.74 Å². The molecule has 1 aliphatic rings. The molecule has 43 heavy (non-hydrogen) atoms. The molecule has 12 heteroatoms. The molecule has 0 radical (unpaired) electrons. The maximum atomic E-state index is 13.4. The van der Waals surface area contributed by atoms with Crippen molar-refractivity contribution in [3.8, 4) is 5.75 Å². The molecule has 0 aromatic heterocycles. The lowest BCUT2D eigenvalue weighted by molar-refractivity contribution is -0.137. The Bertz CT molecular complexity index is 1500. The van der Waals surface area contributed by atoms with Gasteiger partial charge in [0.15, 0.2) is 0 Å². The highest BCUT2D eigenvalue weighted by atomic mass is 32.2. The number of nitrogens with one attached hydrogen (secondary N) is 1. The van der Waals surface area contributed by atoms with Crippen LogP contribution in [0.4, 0.5) is 18.9 Å². The molecule has 3 aromatic carbocycles. The first-order valence-corrected chi connectivity index (χ1v) is 15.4. The Hall–Kier alpha value is -3.61. The zero-order valence-corrected chi connectivity index (χ0v) is 25.0. The predicted octanol–water partition coefficient (Wildman–Crippen LogP) is 4.79. The van der Waals surface area contributed by atoms with Gasteiger partial charge < -0.3 is 14.7 Å². The third kappa shape index (κ3) is 8.27. The van der Waals surface area contributed by atoms with E-state index in [9.17, 15) is 31.5 Å². The number of hydrogen-bond donors (Lipinski definition) is 2. The highest BCUT2D eigenvalue weighted by Crippen LogP contribution is 2.31. The molecular weight excluding hydrogens is 583 g/mol. The SMILES string of the molecule is C[C@H]1CN([C@@H](C)CO)C(=O)Cc2cc(NS(=O)(=O)c3ccccc3)ccc2O[C@H]1CN(C)Cc1ccc(C(F)(F)F)cc1. The maximum absolute atomic E-state index is 13.4. The van der Waals surface area contributed by atoms with Crippen molar-refractivity contribution in [3.63, 3.8) is 0 Å². The topological polar surface area (TPSA) is 99.2 Å². The Morgan fingerprint density at radius 1 is 1.09 bits per heavy atom. The zero-order chi connectivity index (χ0) is 31.4. The van der Waals surface area contributed by atoms with Crippen LogP contribution in [0.3, 0.4) is 0 Å². The number of nitrogens with zero attached hydrogens (tertiary/aromatic N) is 2. The number of alkyl halides is 3. The molecule has 3 atom stereocenters. The smallest absolute Gasteiger partial charge is 0.416 e. The second kappa shape index (κ2) is 13.4. The first-order valence-electron chi connectivity index (χ1n) is 13.9. The molecule has 8 nitrogen and oxygen atoms in total. The van der Waals surface area contributed by atoms with Crippen molar-refractivity contribution in [1.82, 2.24) is 9.80 Å². The predicted molar refractivity (Wildman–Crippen MR) is 157 cm³/mol. The van der Waals surface area contributed by atoms with Crippen molar-refractivity contribution in [1.29, 1.82) is 0 Å². The highest BCUT2D eigenvalue weighted by Gasteiger charge is 2.32. The summed E-state index contributed by atoms with van der Waals surface area (Å²) < 4.78 is 73.8. The van der Waals surface area contributed by atoms with Gasteiger partial charge in [-0.2, -0.15) is 13.2 Å². The molecule has 1 amide bonds. The molecule has 1 aliphatic heterocycles. The second-order valence-electron chi connectivity index (χ2n) is 11.0. The second-order valence-corrected chi connectivity index (χ2v) is 12.7. The number of likely N-dealkylation sites (N-methyl/N-ethyl adjacent to an activating group) is 1. The van der Waals surface area contributed by atoms with Gasteiger partial charge in [0, 0.05) is 36.8 Å². The van der Waals surface area contributed by atoms with Crippen LogP contribution in [0.1, 0.15) is 30.5 Å². The molecule has 232 valence electrons. The van der Waals surface area contributed by atoms with E-state index >= 15 is 0 Å². The number of amides is 1. The van der Waals surface area contributed by atoms with Crippen molar-refractivity contribution >= 4 is 21.6 Å².